The number of fused-ring (bicyclic) bond motifs is 6. The molecule has 0 saturated heterocycles. The van der Waals surface area contributed by atoms with Crippen LogP contribution in [0.3, 0.4) is 0 Å². The third kappa shape index (κ3) is 4.41. The van der Waals surface area contributed by atoms with Gasteiger partial charge >= 0.3 is 0 Å². The van der Waals surface area contributed by atoms with E-state index in [0.717, 1.165) is 38.4 Å². The maximum atomic E-state index is 5.21. The third-order valence-corrected chi connectivity index (χ3v) is 8.92. The van der Waals surface area contributed by atoms with Gasteiger partial charge in [-0.15, -0.1) is 0 Å². The van der Waals surface area contributed by atoms with Crippen LogP contribution in [0.1, 0.15) is 0 Å². The summed E-state index contributed by atoms with van der Waals surface area (Å²) in [7, 11) is 0. The molecular formula is C43H27N3. The molecule has 9 aromatic rings. The minimum atomic E-state index is 0.653. The summed E-state index contributed by atoms with van der Waals surface area (Å²) in [6.07, 6.45) is 0. The highest BCUT2D eigenvalue weighted by Gasteiger charge is 2.17. The van der Waals surface area contributed by atoms with Gasteiger partial charge in [-0.25, -0.2) is 15.0 Å². The van der Waals surface area contributed by atoms with Gasteiger partial charge in [-0.1, -0.05) is 158 Å². The van der Waals surface area contributed by atoms with Crippen LogP contribution < -0.4 is 0 Å². The Morgan fingerprint density at radius 2 is 0.761 bits per heavy atom. The summed E-state index contributed by atoms with van der Waals surface area (Å²) < 4.78 is 0. The second kappa shape index (κ2) is 10.8. The molecule has 3 heteroatoms. The Kier molecular flexibility index (Phi) is 6.14. The summed E-state index contributed by atoms with van der Waals surface area (Å²) in [6, 6.07) is 57.5. The Bertz CT molecular complexity index is 2570. The van der Waals surface area contributed by atoms with E-state index in [1.807, 2.05) is 24.3 Å². The van der Waals surface area contributed by atoms with Gasteiger partial charge in [0, 0.05) is 16.7 Å². The molecular weight excluding hydrogens is 558 g/mol. The number of nitrogens with zero attached hydrogens (tertiary/aromatic N) is 3. The van der Waals surface area contributed by atoms with Crippen molar-refractivity contribution < 1.29 is 0 Å². The summed E-state index contributed by atoms with van der Waals surface area (Å²) in [5.74, 6) is 1.97. The van der Waals surface area contributed by atoms with E-state index < -0.39 is 0 Å². The van der Waals surface area contributed by atoms with Gasteiger partial charge in [0.1, 0.15) is 0 Å². The Labute approximate surface area is 266 Å². The first-order valence-electron chi connectivity index (χ1n) is 15.5. The number of aromatic nitrogens is 3. The highest BCUT2D eigenvalue weighted by atomic mass is 15.0. The van der Waals surface area contributed by atoms with Gasteiger partial charge < -0.3 is 0 Å². The summed E-state index contributed by atoms with van der Waals surface area (Å²) in [5, 5.41) is 9.51. The zero-order chi connectivity index (χ0) is 30.5. The topological polar surface area (TPSA) is 38.7 Å². The highest BCUT2D eigenvalue weighted by molar-refractivity contribution is 6.19. The monoisotopic (exact) mass is 585 g/mol. The van der Waals surface area contributed by atoms with E-state index in [4.69, 9.17) is 15.0 Å². The van der Waals surface area contributed by atoms with Crippen molar-refractivity contribution in [1.82, 2.24) is 15.0 Å². The van der Waals surface area contributed by atoms with E-state index in [9.17, 15) is 0 Å². The summed E-state index contributed by atoms with van der Waals surface area (Å²) >= 11 is 0. The lowest BCUT2D eigenvalue weighted by Crippen LogP contribution is -2.01. The molecule has 9 rings (SSSR count). The first-order valence-corrected chi connectivity index (χ1v) is 15.5. The molecule has 1 heterocycles. The first kappa shape index (κ1) is 26.2. The standard InChI is InChI=1S/C43H27N3/c1-3-11-28(12-4-1)32-22-21-30-16-9-19-39(40(30)27-32)43-45-41(31-14-5-2-6-15-31)44-42(46-43)38-20-10-18-34-36-24-23-29-13-7-8-17-33(29)35(36)25-26-37(34)38/h1-27H. The van der Waals surface area contributed by atoms with Gasteiger partial charge in [0.25, 0.3) is 0 Å². The Balaban J connectivity index is 1.29. The molecule has 0 unspecified atom stereocenters. The third-order valence-electron chi connectivity index (χ3n) is 8.92. The molecule has 0 N–H and O–H groups in total. The molecule has 0 spiro atoms. The fraction of sp³-hybridized carbons (Fsp3) is 0. The molecule has 0 fully saturated rings. The fourth-order valence-corrected chi connectivity index (χ4v) is 6.66. The molecule has 214 valence electrons. The second-order valence-corrected chi connectivity index (χ2v) is 11.6. The van der Waals surface area contributed by atoms with Gasteiger partial charge in [0.2, 0.25) is 0 Å². The molecule has 0 aliphatic heterocycles. The Morgan fingerprint density at radius 3 is 1.57 bits per heavy atom. The molecule has 0 aliphatic rings. The molecule has 3 nitrogen and oxygen atoms in total. The average molecular weight is 586 g/mol. The minimum absolute atomic E-state index is 0.653. The zero-order valence-electron chi connectivity index (χ0n) is 24.9. The van der Waals surface area contributed by atoms with Crippen LogP contribution in [-0.2, 0) is 0 Å². The van der Waals surface area contributed by atoms with E-state index in [-0.39, 0.29) is 0 Å². The van der Waals surface area contributed by atoms with Gasteiger partial charge in [-0.05, 0) is 60.3 Å². The van der Waals surface area contributed by atoms with Crippen molar-refractivity contribution in [2.45, 2.75) is 0 Å². The van der Waals surface area contributed by atoms with E-state index in [1.165, 1.54) is 32.5 Å². The molecule has 0 amide bonds. The zero-order valence-corrected chi connectivity index (χ0v) is 24.9. The van der Waals surface area contributed by atoms with Crippen LogP contribution in [0, 0.1) is 0 Å². The maximum Gasteiger partial charge on any atom is 0.164 e. The molecule has 0 atom stereocenters. The molecule has 1 aromatic heterocycles. The number of hydrogen-bond donors (Lipinski definition) is 0. The average Bonchev–Trinajstić information content (AvgIpc) is 3.14. The lowest BCUT2D eigenvalue weighted by Gasteiger charge is -2.13. The van der Waals surface area contributed by atoms with Crippen LogP contribution in [0.4, 0.5) is 0 Å². The normalized spacial score (nSPS) is 11.5. The van der Waals surface area contributed by atoms with Crippen molar-refractivity contribution in [3.63, 3.8) is 0 Å². The van der Waals surface area contributed by atoms with Crippen molar-refractivity contribution >= 4 is 43.1 Å². The SMILES string of the molecule is c1ccc(-c2ccc3cccc(-c4nc(-c5ccccc5)nc(-c5cccc6c5ccc5c7ccccc7ccc65)n4)c3c2)cc1. The van der Waals surface area contributed by atoms with E-state index in [2.05, 4.69) is 140 Å². The first-order chi connectivity index (χ1) is 22.8. The number of rotatable bonds is 4. The van der Waals surface area contributed by atoms with Crippen molar-refractivity contribution in [2.75, 3.05) is 0 Å². The van der Waals surface area contributed by atoms with Crippen molar-refractivity contribution in [3.05, 3.63) is 164 Å². The molecule has 0 bridgehead atoms. The predicted molar refractivity (Wildman–Crippen MR) is 192 cm³/mol. The molecule has 0 aliphatic carbocycles. The lowest BCUT2D eigenvalue weighted by molar-refractivity contribution is 1.08. The number of hydrogen-bond acceptors (Lipinski definition) is 3. The van der Waals surface area contributed by atoms with E-state index >= 15 is 0 Å². The Hall–Kier alpha value is -6.19. The maximum absolute atomic E-state index is 5.21. The van der Waals surface area contributed by atoms with Gasteiger partial charge in [0.15, 0.2) is 17.5 Å². The van der Waals surface area contributed by atoms with E-state index in [1.54, 1.807) is 0 Å². The highest BCUT2D eigenvalue weighted by Crippen LogP contribution is 2.37. The van der Waals surface area contributed by atoms with Gasteiger partial charge in [-0.2, -0.15) is 0 Å². The molecule has 46 heavy (non-hydrogen) atoms. The molecule has 0 saturated carbocycles. The smallest absolute Gasteiger partial charge is 0.164 e. The largest absolute Gasteiger partial charge is 0.208 e. The molecule has 0 radical (unpaired) electrons. The lowest BCUT2D eigenvalue weighted by atomic mass is 9.95. The fourth-order valence-electron chi connectivity index (χ4n) is 6.66. The Morgan fingerprint density at radius 1 is 0.261 bits per heavy atom. The number of benzene rings is 8. The quantitative estimate of drug-likeness (QED) is 0.193. The van der Waals surface area contributed by atoms with Crippen LogP contribution >= 0.6 is 0 Å². The van der Waals surface area contributed by atoms with Crippen LogP contribution in [0.2, 0.25) is 0 Å². The van der Waals surface area contributed by atoms with Crippen LogP contribution in [0.25, 0.3) is 88.4 Å². The van der Waals surface area contributed by atoms with Crippen molar-refractivity contribution in [2.24, 2.45) is 0 Å². The summed E-state index contributed by atoms with van der Waals surface area (Å²) in [4.78, 5) is 15.4. The minimum Gasteiger partial charge on any atom is -0.208 e. The predicted octanol–water partition coefficient (Wildman–Crippen LogP) is 11.2. The van der Waals surface area contributed by atoms with Crippen molar-refractivity contribution in [1.29, 1.82) is 0 Å². The van der Waals surface area contributed by atoms with Crippen LogP contribution in [0.15, 0.2) is 164 Å². The van der Waals surface area contributed by atoms with Crippen LogP contribution in [-0.4, -0.2) is 15.0 Å². The van der Waals surface area contributed by atoms with Crippen molar-refractivity contribution in [3.8, 4) is 45.3 Å². The van der Waals surface area contributed by atoms with Crippen LogP contribution in [0.5, 0.6) is 0 Å². The summed E-state index contributed by atoms with van der Waals surface area (Å²) in [5.41, 5.74) is 5.25. The van der Waals surface area contributed by atoms with Gasteiger partial charge in [0.05, 0.1) is 0 Å². The second-order valence-electron chi connectivity index (χ2n) is 11.6. The van der Waals surface area contributed by atoms with E-state index in [0.29, 0.717) is 17.5 Å². The molecule has 8 aromatic carbocycles. The summed E-state index contributed by atoms with van der Waals surface area (Å²) in [6.45, 7) is 0. The van der Waals surface area contributed by atoms with Gasteiger partial charge in [-0.3, -0.25) is 0 Å².